The van der Waals surface area contributed by atoms with E-state index < -0.39 is 0 Å². The Balaban J connectivity index is 0.000000111. The van der Waals surface area contributed by atoms with Crippen molar-refractivity contribution in [2.45, 2.75) is 20.0 Å². The van der Waals surface area contributed by atoms with Gasteiger partial charge in [0.25, 0.3) is 0 Å². The molecule has 0 aliphatic carbocycles. The molecule has 0 saturated carbocycles. The number of pyridine rings is 5. The molecular weight excluding hydrogens is 1730 g/mol. The fraction of sp³-hybridized carbons (Fsp3) is 0.142. The predicted octanol–water partition coefficient (Wildman–Crippen LogP) is 16.4. The maximum Gasteiger partial charge on any atom is 0.240 e. The van der Waals surface area contributed by atoms with Crippen LogP contribution in [0.1, 0.15) is 22.4 Å². The van der Waals surface area contributed by atoms with Crippen LogP contribution in [0.5, 0.6) is 0 Å². The van der Waals surface area contributed by atoms with Crippen LogP contribution in [0.25, 0.3) is 167 Å². The maximum atomic E-state index is 9.48. The number of aromatic nitrogens is 20. The predicted molar refractivity (Wildman–Crippen MR) is 537 cm³/mol. The van der Waals surface area contributed by atoms with E-state index in [1.807, 2.05) is 250 Å². The van der Waals surface area contributed by atoms with Crippen LogP contribution >= 0.6 is 0 Å². The molecule has 32 nitrogen and oxygen atoms in total. The van der Waals surface area contributed by atoms with Crippen molar-refractivity contribution in [2.75, 3.05) is 112 Å². The summed E-state index contributed by atoms with van der Waals surface area (Å²) < 4.78 is 16.4. The number of nitrogen functional groups attached to an aromatic ring is 5. The minimum Gasteiger partial charge on any atom is -0.379 e. The van der Waals surface area contributed by atoms with E-state index in [4.69, 9.17) is 42.9 Å². The van der Waals surface area contributed by atoms with Gasteiger partial charge in [-0.15, -0.1) is 51.0 Å². The van der Waals surface area contributed by atoms with E-state index in [0.717, 1.165) is 231 Å². The van der Waals surface area contributed by atoms with Crippen molar-refractivity contribution in [1.82, 2.24) is 111 Å². The number of benzene rings is 10. The number of nitrogens with two attached hydrogens (primary N) is 5. The molecular formula is C106H91N29O3. The molecule has 32 heteroatoms. The van der Waals surface area contributed by atoms with Crippen molar-refractivity contribution in [2.24, 2.45) is 0 Å². The average Bonchev–Trinajstić information content (AvgIpc) is 0.799. The van der Waals surface area contributed by atoms with Gasteiger partial charge in [0, 0.05) is 159 Å². The molecule has 0 atom stereocenters. The Bertz CT molecular complexity index is 7780. The monoisotopic (exact) mass is 1820 g/mol. The van der Waals surface area contributed by atoms with Crippen molar-refractivity contribution in [1.29, 1.82) is 5.26 Å². The van der Waals surface area contributed by atoms with E-state index in [1.165, 1.54) is 11.1 Å². The highest BCUT2D eigenvalue weighted by atomic mass is 16.5. The second kappa shape index (κ2) is 42.1. The molecule has 13 heterocycles. The molecule has 3 fully saturated rings. The van der Waals surface area contributed by atoms with Crippen LogP contribution in [0.2, 0.25) is 0 Å². The lowest BCUT2D eigenvalue weighted by Crippen LogP contribution is -2.36. The number of fused-ring (bicyclic) bond motifs is 5. The number of hydrogen-bond donors (Lipinski definition) is 5. The van der Waals surface area contributed by atoms with Crippen molar-refractivity contribution in [3.63, 3.8) is 0 Å². The van der Waals surface area contributed by atoms with Crippen LogP contribution in [0.15, 0.2) is 304 Å². The number of rotatable bonds is 15. The molecule has 3 saturated heterocycles. The summed E-state index contributed by atoms with van der Waals surface area (Å²) in [6.07, 6.45) is 7.42. The Morgan fingerprint density at radius 2 is 0.688 bits per heavy atom. The molecule has 10 aromatic carbocycles. The first-order chi connectivity index (χ1) is 67.8. The van der Waals surface area contributed by atoms with Crippen molar-refractivity contribution in [3.8, 4) is 119 Å². The van der Waals surface area contributed by atoms with E-state index >= 15 is 0 Å². The zero-order valence-corrected chi connectivity index (χ0v) is 75.1. The summed E-state index contributed by atoms with van der Waals surface area (Å²) in [7, 11) is 0. The zero-order chi connectivity index (χ0) is 94.1. The number of morpholine rings is 3. The molecule has 138 heavy (non-hydrogen) atoms. The highest BCUT2D eigenvalue weighted by Gasteiger charge is 2.24. The third-order valence-corrected chi connectivity index (χ3v) is 23.4. The normalized spacial score (nSPS) is 13.2. The molecule has 3 aliphatic heterocycles. The molecule has 23 rings (SSSR count). The maximum absolute atomic E-state index is 9.48. The molecule has 0 amide bonds. The average molecular weight is 1820 g/mol. The molecule has 0 unspecified atom stereocenters. The molecule has 678 valence electrons. The second-order valence-corrected chi connectivity index (χ2v) is 32.7. The van der Waals surface area contributed by atoms with Gasteiger partial charge in [0.1, 0.15) is 63.0 Å². The van der Waals surface area contributed by atoms with Gasteiger partial charge >= 0.3 is 0 Å². The minimum atomic E-state index is 0.102. The van der Waals surface area contributed by atoms with Crippen LogP contribution in [-0.2, 0) is 27.3 Å². The Labute approximate surface area is 792 Å². The molecule has 10 N–H and O–H groups in total. The van der Waals surface area contributed by atoms with Crippen LogP contribution in [0, 0.1) is 18.3 Å². The first-order valence-corrected chi connectivity index (χ1v) is 44.8. The van der Waals surface area contributed by atoms with E-state index in [-0.39, 0.29) is 29.7 Å². The Hall–Kier alpha value is -17.6. The lowest BCUT2D eigenvalue weighted by atomic mass is 10.00. The highest BCUT2D eigenvalue weighted by molar-refractivity contribution is 5.95. The summed E-state index contributed by atoms with van der Waals surface area (Å²) in [6, 6.07) is 93.7. The van der Waals surface area contributed by atoms with Crippen LogP contribution in [0.3, 0.4) is 0 Å². The minimum absolute atomic E-state index is 0.102. The summed E-state index contributed by atoms with van der Waals surface area (Å²) in [4.78, 5) is 51.9. The quantitative estimate of drug-likeness (QED) is 0.0636. The number of ether oxygens (including phenoxy) is 3. The van der Waals surface area contributed by atoms with Gasteiger partial charge in [0.2, 0.25) is 29.7 Å². The van der Waals surface area contributed by atoms with E-state index in [2.05, 4.69) is 170 Å². The topological polar surface area (TPSA) is 449 Å². The molecule has 20 aromatic rings. The Morgan fingerprint density at radius 1 is 0.297 bits per heavy atom. The Morgan fingerprint density at radius 3 is 1.14 bits per heavy atom. The SMILES string of the molecule is Cc1ccc2cc(-c3nnc(N)nc3-c3ccccc3)ccc2n1.N#Cc1cc(-c2nnc(N)nc2-c2ccccc2)cc2cccnc12.Nc1nnc(-c2ccc3ncc(CN4CCOCC4)cc3c2)c(-c2ccccc2)n1.Nc1nnc(-c2ccc3ncc(N4CCOCC4)cc3c2)c(-c2ccccc2)n1.Nc1nnc(-c2ccc3nccc(CN4CCOCC4)c3c2)c(-c2ccccc2)n1. The van der Waals surface area contributed by atoms with Crippen molar-refractivity contribution < 1.29 is 14.2 Å². The van der Waals surface area contributed by atoms with Gasteiger partial charge in [-0.1, -0.05) is 188 Å². The molecule has 10 aromatic heterocycles. The summed E-state index contributed by atoms with van der Waals surface area (Å²) in [5, 5.41) is 56.1. The number of nitriles is 1. The van der Waals surface area contributed by atoms with E-state index in [1.54, 1.807) is 12.3 Å². The van der Waals surface area contributed by atoms with Gasteiger partial charge in [0.15, 0.2) is 0 Å². The van der Waals surface area contributed by atoms with Crippen LogP contribution < -0.4 is 33.6 Å². The fourth-order valence-electron chi connectivity index (χ4n) is 16.6. The van der Waals surface area contributed by atoms with Gasteiger partial charge in [-0.3, -0.25) is 34.7 Å². The van der Waals surface area contributed by atoms with E-state index in [0.29, 0.717) is 45.2 Å². The summed E-state index contributed by atoms with van der Waals surface area (Å²) in [6.45, 7) is 13.9. The zero-order valence-electron chi connectivity index (χ0n) is 75.1. The molecule has 0 spiro atoms. The van der Waals surface area contributed by atoms with Gasteiger partial charge in [-0.05, 0) is 109 Å². The fourth-order valence-corrected chi connectivity index (χ4v) is 16.6. The highest BCUT2D eigenvalue weighted by Crippen LogP contribution is 2.39. The summed E-state index contributed by atoms with van der Waals surface area (Å²) in [5.74, 6) is 0.742. The van der Waals surface area contributed by atoms with Gasteiger partial charge in [-0.25, -0.2) is 24.9 Å². The van der Waals surface area contributed by atoms with E-state index in [9.17, 15) is 5.26 Å². The number of hydrogen-bond acceptors (Lipinski definition) is 32. The first kappa shape index (κ1) is 89.6. The third-order valence-electron chi connectivity index (χ3n) is 23.4. The largest absolute Gasteiger partial charge is 0.379 e. The van der Waals surface area contributed by atoms with Gasteiger partial charge < -0.3 is 47.8 Å². The lowest BCUT2D eigenvalue weighted by Gasteiger charge is -2.28. The number of anilines is 6. The van der Waals surface area contributed by atoms with Gasteiger partial charge in [0.05, 0.1) is 84.7 Å². The van der Waals surface area contributed by atoms with Crippen LogP contribution in [0.4, 0.5) is 35.4 Å². The van der Waals surface area contributed by atoms with Crippen molar-refractivity contribution >= 4 is 89.9 Å². The lowest BCUT2D eigenvalue weighted by molar-refractivity contribution is 0.0341. The standard InChI is InChI=1S/2C23H22N6O.C22H20N6O.C19H12N6.C19H15N5/c24-23-26-21(17-4-2-1-3-5-17)22(27-28-23)18-6-7-20-19(13-18)12-16(14-25-20)15-29-8-10-30-11-9-29;24-23-26-21(16-4-2-1-3-5-16)22(27-28-23)17-6-7-20-19(14-17)18(8-9-25-20)15-29-10-12-30-13-11-29;23-22-25-20(15-4-2-1-3-5-15)21(26-27-22)16-6-7-19-17(12-16)13-18(14-24-19)28-8-10-29-11-9-28;20-11-15-10-14(9-13-7-4-8-22-16(13)15)18-17(23-19(21)25-24-18)12-5-2-1-3-6-12;1-12-7-8-14-11-15(9-10-16(14)21-12)18-17(22-19(20)24-23-18)13-5-3-2-4-6-13/h1-7,12-14H,8-11,15H2,(H2,24,26,28);1-9,14H,10-13,15H2,(H2,24,26,28);1-7,12-14H,8-11H2,(H2,23,25,27);1-10H,(H2,21,23,25);2-11H,1H3,(H2,20,22,24). The number of aryl methyl sites for hydroxylation is 1. The number of nitrogens with zero attached hydrogens (tertiary/aromatic N) is 24. The smallest absolute Gasteiger partial charge is 0.240 e. The molecule has 3 aliphatic rings. The molecule has 0 radical (unpaired) electrons. The summed E-state index contributed by atoms with van der Waals surface area (Å²) in [5.41, 5.74) is 54.5. The van der Waals surface area contributed by atoms with Crippen LogP contribution in [-0.4, -0.2) is 190 Å². The summed E-state index contributed by atoms with van der Waals surface area (Å²) >= 11 is 0. The third kappa shape index (κ3) is 21.2. The van der Waals surface area contributed by atoms with Gasteiger partial charge in [-0.2, -0.15) is 5.26 Å². The van der Waals surface area contributed by atoms with Crippen molar-refractivity contribution in [3.05, 3.63) is 326 Å². The first-order valence-electron chi connectivity index (χ1n) is 44.8. The Kier molecular flexibility index (Phi) is 27.3. The molecule has 0 bridgehead atoms. The second-order valence-electron chi connectivity index (χ2n) is 32.7.